The lowest BCUT2D eigenvalue weighted by Gasteiger charge is -2.59. The fourth-order valence-electron chi connectivity index (χ4n) is 11.8. The molecule has 344 valence electrons. The molecule has 5 aliphatic carbocycles. The molecule has 6 fully saturated rings. The number of carbonyl (C=O) groups excluding carboxylic acids is 3. The molecule has 0 aromatic heterocycles. The number of rotatable bonds is 11. The summed E-state index contributed by atoms with van der Waals surface area (Å²) in [6.45, 7) is 2.87. The minimum absolute atomic E-state index is 0.00330. The fraction of sp³-hybridized carbons (Fsp3) is 0.829. The van der Waals surface area contributed by atoms with E-state index in [9.17, 15) is 45.0 Å². The van der Waals surface area contributed by atoms with Gasteiger partial charge in [-0.3, -0.25) is 9.59 Å². The number of fused-ring (bicyclic) bond motifs is 5. The van der Waals surface area contributed by atoms with E-state index in [-0.39, 0.29) is 62.2 Å². The first-order valence-corrected chi connectivity index (χ1v) is 21.5. The second-order valence-electron chi connectivity index (χ2n) is 18.8. The third kappa shape index (κ3) is 8.36. The average molecular weight is 868 g/mol. The maximum Gasteiger partial charge on any atom is 0.508 e. The van der Waals surface area contributed by atoms with Crippen LogP contribution in [0.3, 0.4) is 0 Å². The highest BCUT2D eigenvalue weighted by molar-refractivity contribution is 6.01. The van der Waals surface area contributed by atoms with Gasteiger partial charge >= 0.3 is 6.16 Å². The van der Waals surface area contributed by atoms with Crippen LogP contribution in [0, 0.1) is 28.6 Å². The van der Waals surface area contributed by atoms with Crippen molar-refractivity contribution in [1.29, 1.82) is 0 Å². The number of aliphatic hydroxyl groups excluding tert-OH is 5. The molecule has 0 bridgehead atoms. The largest absolute Gasteiger partial charge is 0.508 e. The molecule has 16 N–H and O–H groups in total. The van der Waals surface area contributed by atoms with Crippen LogP contribution in [-0.2, 0) is 38.0 Å². The van der Waals surface area contributed by atoms with E-state index in [0.717, 1.165) is 12.0 Å². The molecular formula is C41H65N5O15. The predicted octanol–water partition coefficient (Wildman–Crippen LogP) is -3.17. The fourth-order valence-corrected chi connectivity index (χ4v) is 11.8. The molecule has 20 heteroatoms. The van der Waals surface area contributed by atoms with Crippen LogP contribution >= 0.6 is 0 Å². The van der Waals surface area contributed by atoms with Crippen LogP contribution in [0.1, 0.15) is 65.2 Å². The van der Waals surface area contributed by atoms with E-state index in [1.807, 2.05) is 13.0 Å². The molecule has 2 heterocycles. The van der Waals surface area contributed by atoms with Crippen molar-refractivity contribution >= 4 is 17.7 Å². The van der Waals surface area contributed by atoms with Crippen LogP contribution in [0.4, 0.5) is 4.79 Å². The zero-order valence-electron chi connectivity index (χ0n) is 34.6. The van der Waals surface area contributed by atoms with Gasteiger partial charge in [0.25, 0.3) is 0 Å². The molecule has 3 unspecified atom stereocenters. The lowest BCUT2D eigenvalue weighted by molar-refractivity contribution is -0.315. The highest BCUT2D eigenvalue weighted by atomic mass is 16.7. The van der Waals surface area contributed by atoms with E-state index in [1.165, 1.54) is 0 Å². The van der Waals surface area contributed by atoms with Gasteiger partial charge in [0.15, 0.2) is 24.1 Å². The van der Waals surface area contributed by atoms with E-state index >= 15 is 0 Å². The number of allylic oxidation sites excluding steroid dienone is 4. The number of nitrogens with two attached hydrogens (primary N) is 5. The van der Waals surface area contributed by atoms with Gasteiger partial charge in [-0.05, 0) is 68.9 Å². The van der Waals surface area contributed by atoms with Crippen LogP contribution < -0.4 is 28.7 Å². The Kier molecular flexibility index (Phi) is 13.6. The van der Waals surface area contributed by atoms with Gasteiger partial charge in [-0.25, -0.2) is 4.79 Å². The summed E-state index contributed by atoms with van der Waals surface area (Å²) < 4.78 is 33.9. The predicted molar refractivity (Wildman–Crippen MR) is 211 cm³/mol. The van der Waals surface area contributed by atoms with Gasteiger partial charge in [0, 0.05) is 41.8 Å². The Morgan fingerprint density at radius 1 is 0.852 bits per heavy atom. The molecular weight excluding hydrogens is 802 g/mol. The zero-order valence-corrected chi connectivity index (χ0v) is 34.6. The molecule has 7 rings (SSSR count). The molecule has 0 radical (unpaired) electrons. The zero-order chi connectivity index (χ0) is 44.3. The van der Waals surface area contributed by atoms with E-state index in [0.29, 0.717) is 12.8 Å². The van der Waals surface area contributed by atoms with Crippen molar-refractivity contribution in [2.24, 2.45) is 57.3 Å². The third-order valence-electron chi connectivity index (χ3n) is 15.3. The smallest absolute Gasteiger partial charge is 0.434 e. The molecule has 4 saturated carbocycles. The Morgan fingerprint density at radius 2 is 1.52 bits per heavy atom. The summed E-state index contributed by atoms with van der Waals surface area (Å²) in [5.41, 5.74) is 28.4. The van der Waals surface area contributed by atoms with Crippen molar-refractivity contribution in [3.05, 3.63) is 23.8 Å². The van der Waals surface area contributed by atoms with Crippen LogP contribution in [0.15, 0.2) is 23.8 Å². The average Bonchev–Trinajstić information content (AvgIpc) is 3.48. The van der Waals surface area contributed by atoms with Gasteiger partial charge in [-0.1, -0.05) is 25.5 Å². The molecule has 2 saturated heterocycles. The van der Waals surface area contributed by atoms with E-state index in [2.05, 4.69) is 6.92 Å². The van der Waals surface area contributed by atoms with E-state index in [1.54, 1.807) is 12.2 Å². The molecule has 21 atom stereocenters. The standard InChI is InChI=1S/C41H65N5O15/c1-39-8-5-18(47)11-17(39)3-4-19-20-6-9-41(55,40(20,2)14-25(49)29(19)39)28(50)7-10-56-38(54)57-16-27-31(51)30(46)32(52)37(59-27)61-35-22(44)12-21(43)34(33(35)53)60-36-23(45)13-24(48)26(15-42)58-36/h5,8,11,19-27,29-37,48-49,51-53,55H,3-4,6-7,9-10,12-16,42-46H2,1-2H3/t19?,20?,21-,22+,23+,24-,25-,26+,27+,29?,30-,31+,32+,33-,34+,35-,36+,37+,39-,40-,41-/m0/s1. The van der Waals surface area contributed by atoms with Gasteiger partial charge in [-0.2, -0.15) is 0 Å². The maximum atomic E-state index is 13.8. The molecule has 2 aliphatic heterocycles. The summed E-state index contributed by atoms with van der Waals surface area (Å²) in [5, 5.41) is 67.0. The summed E-state index contributed by atoms with van der Waals surface area (Å²) in [7, 11) is 0. The second kappa shape index (κ2) is 17.8. The van der Waals surface area contributed by atoms with Crippen molar-refractivity contribution in [3.8, 4) is 0 Å². The lowest BCUT2D eigenvalue weighted by Crippen LogP contribution is -2.68. The summed E-state index contributed by atoms with van der Waals surface area (Å²) >= 11 is 0. The number of ether oxygens (including phenoxy) is 6. The summed E-state index contributed by atoms with van der Waals surface area (Å²) in [6, 6.07) is -3.80. The van der Waals surface area contributed by atoms with E-state index in [4.69, 9.17) is 57.1 Å². The molecule has 61 heavy (non-hydrogen) atoms. The summed E-state index contributed by atoms with van der Waals surface area (Å²) in [6.07, 6.45) is -7.28. The van der Waals surface area contributed by atoms with Crippen molar-refractivity contribution in [1.82, 2.24) is 0 Å². The number of hydrogen-bond donors (Lipinski definition) is 11. The van der Waals surface area contributed by atoms with Crippen molar-refractivity contribution < 1.29 is 73.4 Å². The Balaban J connectivity index is 0.911. The van der Waals surface area contributed by atoms with Crippen molar-refractivity contribution in [3.63, 3.8) is 0 Å². The molecule has 0 aromatic carbocycles. The van der Waals surface area contributed by atoms with Crippen molar-refractivity contribution in [2.75, 3.05) is 19.8 Å². The van der Waals surface area contributed by atoms with Gasteiger partial charge < -0.3 is 87.7 Å². The number of Topliss-reactive ketones (excluding diaryl/α,β-unsaturated/α-hetero) is 1. The van der Waals surface area contributed by atoms with Gasteiger partial charge in [0.05, 0.1) is 30.4 Å². The Hall–Kier alpha value is -2.51. The molecule has 20 nitrogen and oxygen atoms in total. The first kappa shape index (κ1) is 46.5. The SMILES string of the molecule is C[C@]12C=CC(=O)C=C1CCC1C2[C@@H](O)C[C@@]2(C)C1CC[C@]2(O)C(=O)CCOC(=O)OC[C@H]1O[C@H](O[C@@H]2[C@@H](O)[C@H](O[C@H]3O[C@H](CN)[C@@H](O)C[C@H]3N)[C@@H](N)C[C@H]2N)[C@H](O)[C@@H](N)[C@@H]1O. The van der Waals surface area contributed by atoms with Crippen LogP contribution in [0.25, 0.3) is 0 Å². The van der Waals surface area contributed by atoms with Crippen molar-refractivity contribution in [2.45, 2.75) is 162 Å². The van der Waals surface area contributed by atoms with Gasteiger partial charge in [0.2, 0.25) is 0 Å². The second-order valence-corrected chi connectivity index (χ2v) is 18.8. The van der Waals surface area contributed by atoms with E-state index < -0.39 is 133 Å². The molecule has 7 aliphatic rings. The molecule has 0 amide bonds. The topological polar surface area (TPSA) is 358 Å². The normalized spacial score (nSPS) is 49.6. The number of hydrogen-bond acceptors (Lipinski definition) is 20. The summed E-state index contributed by atoms with van der Waals surface area (Å²) in [4.78, 5) is 38.6. The Morgan fingerprint density at radius 3 is 2.21 bits per heavy atom. The maximum absolute atomic E-state index is 13.8. The van der Waals surface area contributed by atoms with Crippen LogP contribution in [0.2, 0.25) is 0 Å². The first-order valence-electron chi connectivity index (χ1n) is 21.5. The quantitative estimate of drug-likeness (QED) is 0.0913. The Bertz CT molecular complexity index is 1710. The molecule has 0 spiro atoms. The van der Waals surface area contributed by atoms with Crippen LogP contribution in [-0.4, -0.2) is 165 Å². The van der Waals surface area contributed by atoms with Gasteiger partial charge in [0.1, 0.15) is 55.4 Å². The number of aliphatic hydroxyl groups is 6. The molecule has 0 aromatic rings. The van der Waals surface area contributed by atoms with Gasteiger partial charge in [-0.15, -0.1) is 0 Å². The highest BCUT2D eigenvalue weighted by Crippen LogP contribution is 2.67. The first-order chi connectivity index (χ1) is 28.7. The minimum atomic E-state index is -1.77. The van der Waals surface area contributed by atoms with Crippen LogP contribution in [0.5, 0.6) is 0 Å². The highest BCUT2D eigenvalue weighted by Gasteiger charge is 2.68. The summed E-state index contributed by atoms with van der Waals surface area (Å²) in [5.74, 6) is -0.771. The monoisotopic (exact) mass is 867 g/mol. The number of carbonyl (C=O) groups is 3. The Labute approximate surface area is 354 Å². The lowest BCUT2D eigenvalue weighted by atomic mass is 9.46. The number of ketones is 2. The third-order valence-corrected chi connectivity index (χ3v) is 15.3. The minimum Gasteiger partial charge on any atom is -0.434 e.